The lowest BCUT2D eigenvalue weighted by molar-refractivity contribution is 0.0600. The lowest BCUT2D eigenvalue weighted by Crippen LogP contribution is -2.15. The number of carbonyl (C=O) groups excluding carboxylic acids is 1. The molecular weight excluding hydrogens is 470 g/mol. The summed E-state index contributed by atoms with van der Waals surface area (Å²) in [5.41, 5.74) is 2.26. The summed E-state index contributed by atoms with van der Waals surface area (Å²) in [6.07, 6.45) is 0. The summed E-state index contributed by atoms with van der Waals surface area (Å²) in [7, 11) is -2.60. The van der Waals surface area contributed by atoms with Crippen LogP contribution in [-0.4, -0.2) is 21.5 Å². The number of methoxy groups -OCH3 is 1. The normalized spacial score (nSPS) is 11.0. The van der Waals surface area contributed by atoms with Crippen LogP contribution in [0.4, 0.5) is 5.69 Å². The molecule has 0 fully saturated rings. The molecule has 156 valence electrons. The number of carbonyl (C=O) groups is 1. The summed E-state index contributed by atoms with van der Waals surface area (Å²) in [5, 5.41) is 0. The first-order chi connectivity index (χ1) is 14.3. The molecule has 0 aliphatic rings. The van der Waals surface area contributed by atoms with Gasteiger partial charge in [0.05, 0.1) is 17.6 Å². The van der Waals surface area contributed by atoms with Crippen molar-refractivity contribution in [3.05, 3.63) is 87.9 Å². The number of aryl methyl sites for hydroxylation is 1. The van der Waals surface area contributed by atoms with E-state index in [0.717, 1.165) is 11.1 Å². The Morgan fingerprint density at radius 1 is 1.03 bits per heavy atom. The molecule has 0 heterocycles. The van der Waals surface area contributed by atoms with Crippen molar-refractivity contribution < 1.29 is 22.7 Å². The van der Waals surface area contributed by atoms with E-state index in [0.29, 0.717) is 4.47 Å². The molecule has 0 aliphatic carbocycles. The van der Waals surface area contributed by atoms with Gasteiger partial charge in [-0.25, -0.2) is 13.2 Å². The first kappa shape index (κ1) is 21.9. The fourth-order valence-corrected chi connectivity index (χ4v) is 4.44. The molecule has 0 aliphatic heterocycles. The van der Waals surface area contributed by atoms with E-state index in [4.69, 9.17) is 9.47 Å². The molecule has 0 unspecified atom stereocenters. The van der Waals surface area contributed by atoms with E-state index in [1.165, 1.54) is 31.4 Å². The summed E-state index contributed by atoms with van der Waals surface area (Å²) < 4.78 is 39.3. The Kier molecular flexibility index (Phi) is 6.79. The van der Waals surface area contributed by atoms with Crippen LogP contribution in [0.3, 0.4) is 0 Å². The zero-order valence-corrected chi connectivity index (χ0v) is 18.8. The van der Waals surface area contributed by atoms with Gasteiger partial charge in [0.25, 0.3) is 10.0 Å². The minimum absolute atomic E-state index is 0.117. The van der Waals surface area contributed by atoms with Crippen LogP contribution in [-0.2, 0) is 21.4 Å². The first-order valence-corrected chi connectivity index (χ1v) is 11.3. The van der Waals surface area contributed by atoms with Gasteiger partial charge in [-0.2, -0.15) is 0 Å². The highest BCUT2D eigenvalue weighted by Gasteiger charge is 2.21. The van der Waals surface area contributed by atoms with Gasteiger partial charge >= 0.3 is 5.97 Å². The molecular formula is C22H20BrNO5S. The molecule has 0 saturated heterocycles. The number of esters is 1. The quantitative estimate of drug-likeness (QED) is 0.476. The smallest absolute Gasteiger partial charge is 0.338 e. The van der Waals surface area contributed by atoms with E-state index in [2.05, 4.69) is 20.7 Å². The molecule has 0 atom stereocenters. The van der Waals surface area contributed by atoms with Gasteiger partial charge in [0, 0.05) is 4.47 Å². The number of anilines is 1. The van der Waals surface area contributed by atoms with Crippen molar-refractivity contribution >= 4 is 37.6 Å². The van der Waals surface area contributed by atoms with Crippen molar-refractivity contribution in [2.24, 2.45) is 0 Å². The Labute approximate surface area is 184 Å². The van der Waals surface area contributed by atoms with Crippen molar-refractivity contribution in [1.29, 1.82) is 0 Å². The van der Waals surface area contributed by atoms with Gasteiger partial charge in [0.1, 0.15) is 18.0 Å². The number of ether oxygens (including phenoxy) is 2. The lowest BCUT2D eigenvalue weighted by Gasteiger charge is -2.17. The molecule has 0 amide bonds. The van der Waals surface area contributed by atoms with E-state index in [9.17, 15) is 13.2 Å². The van der Waals surface area contributed by atoms with Crippen molar-refractivity contribution in [3.8, 4) is 5.75 Å². The topological polar surface area (TPSA) is 81.7 Å². The molecule has 8 heteroatoms. The number of halogens is 1. The van der Waals surface area contributed by atoms with Gasteiger partial charge in [-0.3, -0.25) is 4.72 Å². The maximum absolute atomic E-state index is 12.9. The monoisotopic (exact) mass is 489 g/mol. The zero-order chi connectivity index (χ0) is 21.7. The highest BCUT2D eigenvalue weighted by molar-refractivity contribution is 9.10. The summed E-state index contributed by atoms with van der Waals surface area (Å²) in [6.45, 7) is 2.07. The van der Waals surface area contributed by atoms with Gasteiger partial charge < -0.3 is 9.47 Å². The average molecular weight is 490 g/mol. The third kappa shape index (κ3) is 5.20. The Hall–Kier alpha value is -2.84. The maximum atomic E-state index is 12.9. The second-order valence-corrected chi connectivity index (χ2v) is 9.05. The maximum Gasteiger partial charge on any atom is 0.338 e. The molecule has 0 spiro atoms. The number of hydrogen-bond acceptors (Lipinski definition) is 5. The molecule has 3 aromatic carbocycles. The van der Waals surface area contributed by atoms with E-state index in [1.807, 2.05) is 37.3 Å². The predicted molar refractivity (Wildman–Crippen MR) is 118 cm³/mol. The van der Waals surface area contributed by atoms with Crippen LogP contribution in [0.1, 0.15) is 21.5 Å². The SMILES string of the molecule is COC(=O)c1cc(Br)c(NS(=O)(=O)c2ccc(C)cc2)c(OCc2ccccc2)c1. The van der Waals surface area contributed by atoms with Crippen molar-refractivity contribution in [2.45, 2.75) is 18.4 Å². The van der Waals surface area contributed by atoms with Crippen LogP contribution in [0.2, 0.25) is 0 Å². The molecule has 0 bridgehead atoms. The molecule has 0 radical (unpaired) electrons. The van der Waals surface area contributed by atoms with Crippen LogP contribution >= 0.6 is 15.9 Å². The Balaban J connectivity index is 1.98. The minimum atomic E-state index is -3.87. The largest absolute Gasteiger partial charge is 0.487 e. The standard InChI is InChI=1S/C22H20BrNO5S/c1-15-8-10-18(11-9-15)30(26,27)24-21-19(23)12-17(22(25)28-2)13-20(21)29-14-16-6-4-3-5-7-16/h3-13,24H,14H2,1-2H3. The number of rotatable bonds is 7. The minimum Gasteiger partial charge on any atom is -0.487 e. The van der Waals surface area contributed by atoms with E-state index in [-0.39, 0.29) is 28.5 Å². The summed E-state index contributed by atoms with van der Waals surface area (Å²) >= 11 is 3.34. The van der Waals surface area contributed by atoms with Crippen LogP contribution in [0, 0.1) is 6.92 Å². The molecule has 3 rings (SSSR count). The third-order valence-corrected chi connectivity index (χ3v) is 6.27. The Morgan fingerprint density at radius 3 is 2.33 bits per heavy atom. The van der Waals surface area contributed by atoms with Crippen LogP contribution < -0.4 is 9.46 Å². The average Bonchev–Trinajstić information content (AvgIpc) is 2.74. The second-order valence-electron chi connectivity index (χ2n) is 6.52. The number of sulfonamides is 1. The van der Waals surface area contributed by atoms with Gasteiger partial charge in [-0.05, 0) is 52.7 Å². The Bertz CT molecular complexity index is 1150. The molecule has 30 heavy (non-hydrogen) atoms. The van der Waals surface area contributed by atoms with Gasteiger partial charge in [-0.1, -0.05) is 48.0 Å². The highest BCUT2D eigenvalue weighted by atomic mass is 79.9. The number of benzene rings is 3. The van der Waals surface area contributed by atoms with Gasteiger partial charge in [0.15, 0.2) is 0 Å². The van der Waals surface area contributed by atoms with E-state index < -0.39 is 16.0 Å². The lowest BCUT2D eigenvalue weighted by atomic mass is 10.2. The fraction of sp³-hybridized carbons (Fsp3) is 0.136. The number of hydrogen-bond donors (Lipinski definition) is 1. The zero-order valence-electron chi connectivity index (χ0n) is 16.4. The molecule has 3 aromatic rings. The van der Waals surface area contributed by atoms with Crippen molar-refractivity contribution in [2.75, 3.05) is 11.8 Å². The summed E-state index contributed by atoms with van der Waals surface area (Å²) in [5.74, 6) is -0.363. The van der Waals surface area contributed by atoms with Gasteiger partial charge in [-0.15, -0.1) is 0 Å². The van der Waals surface area contributed by atoms with Crippen molar-refractivity contribution in [3.63, 3.8) is 0 Å². The first-order valence-electron chi connectivity index (χ1n) is 8.98. The van der Waals surface area contributed by atoms with Gasteiger partial charge in [0.2, 0.25) is 0 Å². The fourth-order valence-electron chi connectivity index (χ4n) is 2.68. The highest BCUT2D eigenvalue weighted by Crippen LogP contribution is 2.37. The van der Waals surface area contributed by atoms with E-state index >= 15 is 0 Å². The molecule has 0 aromatic heterocycles. The van der Waals surface area contributed by atoms with Crippen LogP contribution in [0.25, 0.3) is 0 Å². The predicted octanol–water partition coefficient (Wildman–Crippen LogP) is 4.92. The van der Waals surface area contributed by atoms with Crippen molar-refractivity contribution in [1.82, 2.24) is 0 Å². The Morgan fingerprint density at radius 2 is 1.70 bits per heavy atom. The third-order valence-electron chi connectivity index (χ3n) is 4.28. The molecule has 0 saturated carbocycles. The molecule has 1 N–H and O–H groups in total. The summed E-state index contributed by atoms with van der Waals surface area (Å²) in [4.78, 5) is 12.1. The number of nitrogens with one attached hydrogen (secondary N) is 1. The summed E-state index contributed by atoms with van der Waals surface area (Å²) in [6, 6.07) is 18.8. The molecule has 6 nitrogen and oxygen atoms in total. The second kappa shape index (κ2) is 9.32. The van der Waals surface area contributed by atoms with E-state index in [1.54, 1.807) is 12.1 Å². The van der Waals surface area contributed by atoms with Crippen LogP contribution in [0.15, 0.2) is 76.1 Å². The van der Waals surface area contributed by atoms with Crippen LogP contribution in [0.5, 0.6) is 5.75 Å².